The maximum Gasteiger partial charge on any atom is 0.0612 e. The molecule has 4 aliphatic carbocycles. The second-order valence-corrected chi connectivity index (χ2v) is 13.1. The van der Waals surface area contributed by atoms with Crippen LogP contribution >= 0.6 is 0 Å². The number of allylic oxidation sites excluding steroid dienone is 1. The Labute approximate surface area is 199 Å². The van der Waals surface area contributed by atoms with Gasteiger partial charge in [-0.1, -0.05) is 65.5 Å². The van der Waals surface area contributed by atoms with Crippen LogP contribution in [0.15, 0.2) is 11.6 Å². The molecule has 4 rings (SSSR count). The highest BCUT2D eigenvalue weighted by atomic mass is 16.5. The van der Waals surface area contributed by atoms with E-state index >= 15 is 0 Å². The van der Waals surface area contributed by atoms with Crippen LogP contribution in [0.3, 0.4) is 0 Å². The van der Waals surface area contributed by atoms with Crippen molar-refractivity contribution in [3.05, 3.63) is 11.6 Å². The lowest BCUT2D eigenvalue weighted by atomic mass is 9.47. The van der Waals surface area contributed by atoms with Gasteiger partial charge >= 0.3 is 0 Å². The number of aliphatic hydroxyl groups excluding tert-OH is 1. The van der Waals surface area contributed by atoms with E-state index in [0.29, 0.717) is 23.5 Å². The van der Waals surface area contributed by atoms with Gasteiger partial charge in [0.1, 0.15) is 0 Å². The minimum absolute atomic E-state index is 0.244. The normalized spacial score (nSPS) is 42.2. The van der Waals surface area contributed by atoms with E-state index in [1.165, 1.54) is 64.2 Å². The molecule has 32 heavy (non-hydrogen) atoms. The molecule has 184 valence electrons. The summed E-state index contributed by atoms with van der Waals surface area (Å²) in [6.45, 7) is 13.6. The average molecular weight is 445 g/mol. The molecular weight excluding hydrogens is 392 g/mol. The molecule has 3 saturated carbocycles. The highest BCUT2D eigenvalue weighted by Crippen LogP contribution is 2.67. The Morgan fingerprint density at radius 2 is 1.81 bits per heavy atom. The maximum atomic E-state index is 9.07. The van der Waals surface area contributed by atoms with Crippen LogP contribution in [0.1, 0.15) is 112 Å². The fourth-order valence-corrected chi connectivity index (χ4v) is 9.11. The molecule has 4 aliphatic rings. The van der Waals surface area contributed by atoms with Crippen LogP contribution in [-0.4, -0.2) is 24.4 Å². The van der Waals surface area contributed by atoms with Crippen LogP contribution in [-0.2, 0) is 4.74 Å². The third kappa shape index (κ3) is 4.61. The molecule has 8 atom stereocenters. The van der Waals surface area contributed by atoms with E-state index in [1.54, 1.807) is 5.57 Å². The molecule has 1 N–H and O–H groups in total. The summed E-state index contributed by atoms with van der Waals surface area (Å²) in [5.41, 5.74) is 2.73. The van der Waals surface area contributed by atoms with Crippen molar-refractivity contribution < 1.29 is 9.84 Å². The van der Waals surface area contributed by atoms with Crippen molar-refractivity contribution in [2.24, 2.45) is 46.3 Å². The summed E-state index contributed by atoms with van der Waals surface area (Å²) in [6, 6.07) is 0. The zero-order valence-electron chi connectivity index (χ0n) is 21.9. The fourth-order valence-electron chi connectivity index (χ4n) is 9.11. The number of rotatable bonds is 9. The molecule has 0 bridgehead atoms. The van der Waals surface area contributed by atoms with Crippen molar-refractivity contribution in [1.82, 2.24) is 0 Å². The fraction of sp³-hybridized carbons (Fsp3) is 0.933. The molecular formula is C30H52O2. The molecule has 3 fully saturated rings. The lowest BCUT2D eigenvalue weighted by Crippen LogP contribution is -2.51. The third-order valence-corrected chi connectivity index (χ3v) is 10.9. The van der Waals surface area contributed by atoms with Crippen molar-refractivity contribution >= 4 is 0 Å². The second kappa shape index (κ2) is 10.1. The summed E-state index contributed by atoms with van der Waals surface area (Å²) in [5, 5.41) is 9.07. The first-order valence-corrected chi connectivity index (χ1v) is 14.2. The molecule has 0 saturated heterocycles. The van der Waals surface area contributed by atoms with E-state index in [0.717, 1.165) is 48.3 Å². The second-order valence-electron chi connectivity index (χ2n) is 13.1. The van der Waals surface area contributed by atoms with Gasteiger partial charge < -0.3 is 9.84 Å². The molecule has 2 heteroatoms. The van der Waals surface area contributed by atoms with Gasteiger partial charge in [0.2, 0.25) is 0 Å². The largest absolute Gasteiger partial charge is 0.396 e. The Morgan fingerprint density at radius 3 is 2.56 bits per heavy atom. The third-order valence-electron chi connectivity index (χ3n) is 10.9. The van der Waals surface area contributed by atoms with E-state index in [-0.39, 0.29) is 6.61 Å². The predicted octanol–water partition coefficient (Wildman–Crippen LogP) is 7.80. The zero-order chi connectivity index (χ0) is 22.9. The Kier molecular flexibility index (Phi) is 7.82. The first-order valence-electron chi connectivity index (χ1n) is 14.2. The van der Waals surface area contributed by atoms with Crippen LogP contribution < -0.4 is 0 Å². The molecule has 0 aromatic rings. The number of hydrogen-bond acceptors (Lipinski definition) is 2. The van der Waals surface area contributed by atoms with Crippen molar-refractivity contribution in [2.75, 3.05) is 13.2 Å². The van der Waals surface area contributed by atoms with Gasteiger partial charge in [-0.2, -0.15) is 0 Å². The van der Waals surface area contributed by atoms with Crippen LogP contribution in [0.5, 0.6) is 0 Å². The van der Waals surface area contributed by atoms with Gasteiger partial charge in [-0.25, -0.2) is 0 Å². The summed E-state index contributed by atoms with van der Waals surface area (Å²) in [4.78, 5) is 0. The predicted molar refractivity (Wildman–Crippen MR) is 134 cm³/mol. The lowest BCUT2D eigenvalue weighted by molar-refractivity contribution is -0.0645. The Hall–Kier alpha value is -0.340. The molecule has 0 spiro atoms. The first kappa shape index (κ1) is 24.8. The summed E-state index contributed by atoms with van der Waals surface area (Å²) in [7, 11) is 0. The molecule has 2 nitrogen and oxygen atoms in total. The summed E-state index contributed by atoms with van der Waals surface area (Å²) >= 11 is 0. The van der Waals surface area contributed by atoms with E-state index in [1.807, 2.05) is 0 Å². The van der Waals surface area contributed by atoms with Gasteiger partial charge in [-0.15, -0.1) is 0 Å². The lowest BCUT2D eigenvalue weighted by Gasteiger charge is -2.58. The Bertz CT molecular complexity index is 653. The standard InChI is InChI=1S/C30H52O2/c1-21(2)8-6-9-22(3)26-12-13-27-25-11-10-23-20-24(32-19-7-18-31)14-16-29(23,4)28(25)15-17-30(26,27)5/h10,21-22,24-28,31H,6-9,11-20H2,1-5H3/t22-,24+,25+,26-,27+,28+,29+,30-/m1/s1. The smallest absolute Gasteiger partial charge is 0.0612 e. The highest BCUT2D eigenvalue weighted by molar-refractivity contribution is 5.25. The Balaban J connectivity index is 1.42. The minimum atomic E-state index is 0.244. The molecule has 0 aromatic heterocycles. The maximum absolute atomic E-state index is 9.07. The van der Waals surface area contributed by atoms with Crippen LogP contribution in [0, 0.1) is 46.3 Å². The summed E-state index contributed by atoms with van der Waals surface area (Å²) in [5.74, 6) is 5.47. The molecule has 0 amide bonds. The molecule has 0 aliphatic heterocycles. The van der Waals surface area contributed by atoms with Gasteiger partial charge in [0.15, 0.2) is 0 Å². The number of fused-ring (bicyclic) bond motifs is 5. The quantitative estimate of drug-likeness (QED) is 0.290. The number of ether oxygens (including phenoxy) is 1. The molecule has 0 heterocycles. The summed E-state index contributed by atoms with van der Waals surface area (Å²) < 4.78 is 6.13. The molecule has 0 aromatic carbocycles. The summed E-state index contributed by atoms with van der Waals surface area (Å²) in [6.07, 6.45) is 19.0. The van der Waals surface area contributed by atoms with Gasteiger partial charge in [0, 0.05) is 13.2 Å². The Morgan fingerprint density at radius 1 is 1.00 bits per heavy atom. The molecule has 0 radical (unpaired) electrons. The van der Waals surface area contributed by atoms with E-state index in [2.05, 4.69) is 40.7 Å². The van der Waals surface area contributed by atoms with Gasteiger partial charge in [-0.05, 0) is 104 Å². The number of aliphatic hydroxyl groups is 1. The van der Waals surface area contributed by atoms with Crippen LogP contribution in [0.2, 0.25) is 0 Å². The van der Waals surface area contributed by atoms with Crippen LogP contribution in [0.25, 0.3) is 0 Å². The van der Waals surface area contributed by atoms with Crippen molar-refractivity contribution in [1.29, 1.82) is 0 Å². The zero-order valence-corrected chi connectivity index (χ0v) is 21.9. The van der Waals surface area contributed by atoms with Gasteiger partial charge in [0.05, 0.1) is 6.10 Å². The van der Waals surface area contributed by atoms with Gasteiger partial charge in [-0.3, -0.25) is 0 Å². The highest BCUT2D eigenvalue weighted by Gasteiger charge is 2.59. The van der Waals surface area contributed by atoms with Gasteiger partial charge in [0.25, 0.3) is 0 Å². The SMILES string of the molecule is CC(C)CCC[C@@H](C)[C@H]1CC[C@H]2[C@@H]3CC=C4C[C@@H](OCCCO)CC[C@]4(C)[C@H]3CC[C@]12C. The first-order chi connectivity index (χ1) is 15.3. The van der Waals surface area contributed by atoms with Crippen molar-refractivity contribution in [3.63, 3.8) is 0 Å². The average Bonchev–Trinajstić information content (AvgIpc) is 3.11. The minimum Gasteiger partial charge on any atom is -0.396 e. The van der Waals surface area contributed by atoms with E-state index < -0.39 is 0 Å². The van der Waals surface area contributed by atoms with Crippen molar-refractivity contribution in [2.45, 2.75) is 118 Å². The van der Waals surface area contributed by atoms with Crippen molar-refractivity contribution in [3.8, 4) is 0 Å². The monoisotopic (exact) mass is 444 g/mol. The number of hydrogen-bond donors (Lipinski definition) is 1. The van der Waals surface area contributed by atoms with E-state index in [9.17, 15) is 0 Å². The van der Waals surface area contributed by atoms with E-state index in [4.69, 9.17) is 9.84 Å². The molecule has 0 unspecified atom stereocenters. The van der Waals surface area contributed by atoms with Crippen LogP contribution in [0.4, 0.5) is 0 Å². The topological polar surface area (TPSA) is 29.5 Å².